The Bertz CT molecular complexity index is 760. The van der Waals surface area contributed by atoms with Gasteiger partial charge in [0.2, 0.25) is 0 Å². The highest BCUT2D eigenvalue weighted by molar-refractivity contribution is 7.22. The van der Waals surface area contributed by atoms with Crippen LogP contribution in [0.4, 0.5) is 9.52 Å². The van der Waals surface area contributed by atoms with Crippen molar-refractivity contribution in [1.29, 1.82) is 0 Å². The molecular formula is C15H15FN2S2. The van der Waals surface area contributed by atoms with Gasteiger partial charge in [-0.2, -0.15) is 0 Å². The molecule has 20 heavy (non-hydrogen) atoms. The van der Waals surface area contributed by atoms with Crippen LogP contribution in [0.25, 0.3) is 10.2 Å². The molecule has 104 valence electrons. The van der Waals surface area contributed by atoms with Crippen molar-refractivity contribution in [3.8, 4) is 0 Å². The van der Waals surface area contributed by atoms with E-state index in [0.29, 0.717) is 0 Å². The van der Waals surface area contributed by atoms with Crippen LogP contribution in [0.5, 0.6) is 0 Å². The zero-order chi connectivity index (χ0) is 14.3. The monoisotopic (exact) mass is 306 g/mol. The highest BCUT2D eigenvalue weighted by Crippen LogP contribution is 2.32. The largest absolute Gasteiger partial charge is 0.355 e. The number of hydrogen-bond donors (Lipinski definition) is 1. The summed E-state index contributed by atoms with van der Waals surface area (Å²) in [6.07, 6.45) is 0. The minimum atomic E-state index is -0.218. The summed E-state index contributed by atoms with van der Waals surface area (Å²) in [7, 11) is 0. The number of hydrogen-bond acceptors (Lipinski definition) is 4. The van der Waals surface area contributed by atoms with Gasteiger partial charge < -0.3 is 5.32 Å². The Morgan fingerprint density at radius 2 is 2.00 bits per heavy atom. The average Bonchev–Trinajstić information content (AvgIpc) is 2.91. The van der Waals surface area contributed by atoms with Crippen LogP contribution in [0.3, 0.4) is 0 Å². The molecule has 0 saturated heterocycles. The van der Waals surface area contributed by atoms with Crippen molar-refractivity contribution in [3.63, 3.8) is 0 Å². The molecule has 0 aliphatic carbocycles. The molecule has 1 unspecified atom stereocenters. The molecule has 2 nitrogen and oxygen atoms in total. The smallest absolute Gasteiger partial charge is 0.184 e. The van der Waals surface area contributed by atoms with Crippen LogP contribution >= 0.6 is 22.7 Å². The summed E-state index contributed by atoms with van der Waals surface area (Å²) in [5, 5.41) is 4.25. The molecule has 0 radical (unpaired) electrons. The van der Waals surface area contributed by atoms with E-state index in [-0.39, 0.29) is 11.9 Å². The van der Waals surface area contributed by atoms with Crippen LogP contribution in [0.1, 0.15) is 28.3 Å². The number of anilines is 1. The van der Waals surface area contributed by atoms with Crippen molar-refractivity contribution in [1.82, 2.24) is 4.98 Å². The number of benzene rings is 1. The van der Waals surface area contributed by atoms with E-state index in [1.165, 1.54) is 38.8 Å². The van der Waals surface area contributed by atoms with Crippen LogP contribution in [-0.4, -0.2) is 4.98 Å². The van der Waals surface area contributed by atoms with Crippen molar-refractivity contribution in [2.24, 2.45) is 0 Å². The van der Waals surface area contributed by atoms with Crippen molar-refractivity contribution in [3.05, 3.63) is 45.4 Å². The first-order chi connectivity index (χ1) is 9.52. The van der Waals surface area contributed by atoms with Crippen LogP contribution < -0.4 is 5.32 Å². The normalized spacial score (nSPS) is 12.8. The van der Waals surface area contributed by atoms with Gasteiger partial charge in [-0.25, -0.2) is 9.37 Å². The van der Waals surface area contributed by atoms with Gasteiger partial charge in [0.15, 0.2) is 5.13 Å². The predicted octanol–water partition coefficient (Wildman–Crippen LogP) is 5.29. The van der Waals surface area contributed by atoms with Crippen molar-refractivity contribution in [2.45, 2.75) is 26.8 Å². The summed E-state index contributed by atoms with van der Waals surface area (Å²) in [5.74, 6) is -0.218. The molecule has 0 aliphatic rings. The van der Waals surface area contributed by atoms with Gasteiger partial charge in [-0.1, -0.05) is 11.3 Å². The maximum atomic E-state index is 13.2. The maximum absolute atomic E-state index is 13.2. The Morgan fingerprint density at radius 1 is 1.20 bits per heavy atom. The lowest BCUT2D eigenvalue weighted by Crippen LogP contribution is -2.06. The quantitative estimate of drug-likeness (QED) is 0.711. The molecule has 0 spiro atoms. The first kappa shape index (κ1) is 13.5. The fraction of sp³-hybridized carbons (Fsp3) is 0.267. The molecule has 0 bridgehead atoms. The second-order valence-corrected chi connectivity index (χ2v) is 7.36. The number of thiazole rings is 1. The summed E-state index contributed by atoms with van der Waals surface area (Å²) in [5.41, 5.74) is 2.14. The second-order valence-electron chi connectivity index (χ2n) is 4.87. The molecular weight excluding hydrogens is 291 g/mol. The number of thiophene rings is 1. The molecule has 0 saturated carbocycles. The molecule has 0 amide bonds. The van der Waals surface area contributed by atoms with E-state index >= 15 is 0 Å². The number of halogens is 1. The van der Waals surface area contributed by atoms with Gasteiger partial charge in [-0.15, -0.1) is 11.3 Å². The van der Waals surface area contributed by atoms with Gasteiger partial charge in [-0.3, -0.25) is 0 Å². The highest BCUT2D eigenvalue weighted by atomic mass is 32.1. The Balaban J connectivity index is 1.87. The zero-order valence-electron chi connectivity index (χ0n) is 11.5. The number of rotatable bonds is 3. The van der Waals surface area contributed by atoms with Crippen LogP contribution in [0, 0.1) is 19.7 Å². The Kier molecular flexibility index (Phi) is 3.48. The molecule has 1 N–H and O–H groups in total. The van der Waals surface area contributed by atoms with E-state index < -0.39 is 0 Å². The van der Waals surface area contributed by atoms with Crippen molar-refractivity contribution in [2.75, 3.05) is 5.32 Å². The fourth-order valence-corrected chi connectivity index (χ4v) is 4.30. The third-order valence-corrected chi connectivity index (χ3v) is 5.17. The summed E-state index contributed by atoms with van der Waals surface area (Å²) in [6.45, 7) is 6.38. The molecule has 0 fully saturated rings. The first-order valence-corrected chi connectivity index (χ1v) is 8.06. The molecule has 3 rings (SSSR count). The summed E-state index contributed by atoms with van der Waals surface area (Å²) >= 11 is 3.30. The van der Waals surface area contributed by atoms with Crippen LogP contribution in [-0.2, 0) is 0 Å². The lowest BCUT2D eigenvalue weighted by molar-refractivity contribution is 0.630. The van der Waals surface area contributed by atoms with Crippen molar-refractivity contribution < 1.29 is 4.39 Å². The van der Waals surface area contributed by atoms with Gasteiger partial charge in [0.25, 0.3) is 0 Å². The van der Waals surface area contributed by atoms with E-state index in [1.807, 2.05) is 11.3 Å². The number of nitrogens with zero attached hydrogens (tertiary/aromatic N) is 1. The summed E-state index contributed by atoms with van der Waals surface area (Å²) in [4.78, 5) is 7.15. The van der Waals surface area contributed by atoms with E-state index in [0.717, 1.165) is 15.3 Å². The van der Waals surface area contributed by atoms with E-state index in [1.54, 1.807) is 6.07 Å². The highest BCUT2D eigenvalue weighted by Gasteiger charge is 2.13. The molecule has 5 heteroatoms. The number of fused-ring (bicyclic) bond motifs is 1. The standard InChI is InChI=1S/C15H15FN2S2/c1-8-6-12(10(3)19-8)9(2)17-15-18-13-5-4-11(16)7-14(13)20-15/h4-7,9H,1-3H3,(H,17,18). The molecule has 3 aromatic rings. The minimum absolute atomic E-state index is 0.199. The van der Waals surface area contributed by atoms with E-state index in [2.05, 4.69) is 37.1 Å². The number of aromatic nitrogens is 1. The van der Waals surface area contributed by atoms with Gasteiger partial charge in [0, 0.05) is 9.75 Å². The molecule has 2 aromatic heterocycles. The topological polar surface area (TPSA) is 24.9 Å². The Hall–Kier alpha value is -1.46. The van der Waals surface area contributed by atoms with Gasteiger partial charge in [-0.05, 0) is 50.6 Å². The van der Waals surface area contributed by atoms with Crippen LogP contribution in [0.15, 0.2) is 24.3 Å². The fourth-order valence-electron chi connectivity index (χ4n) is 2.30. The molecule has 1 aromatic carbocycles. The van der Waals surface area contributed by atoms with Gasteiger partial charge in [0.1, 0.15) is 5.82 Å². The number of nitrogens with one attached hydrogen (secondary N) is 1. The van der Waals surface area contributed by atoms with E-state index in [4.69, 9.17) is 0 Å². The second kappa shape index (κ2) is 5.14. The lowest BCUT2D eigenvalue weighted by atomic mass is 10.1. The third-order valence-electron chi connectivity index (χ3n) is 3.24. The lowest BCUT2D eigenvalue weighted by Gasteiger charge is -2.12. The maximum Gasteiger partial charge on any atom is 0.184 e. The molecule has 2 heterocycles. The van der Waals surface area contributed by atoms with Crippen LogP contribution in [0.2, 0.25) is 0 Å². The minimum Gasteiger partial charge on any atom is -0.355 e. The number of aryl methyl sites for hydroxylation is 2. The first-order valence-electron chi connectivity index (χ1n) is 6.42. The zero-order valence-corrected chi connectivity index (χ0v) is 13.2. The van der Waals surface area contributed by atoms with E-state index in [9.17, 15) is 4.39 Å². The summed E-state index contributed by atoms with van der Waals surface area (Å²) in [6, 6.07) is 7.11. The average molecular weight is 306 g/mol. The third kappa shape index (κ3) is 2.55. The predicted molar refractivity (Wildman–Crippen MR) is 85.4 cm³/mol. The van der Waals surface area contributed by atoms with Crippen molar-refractivity contribution >= 4 is 38.0 Å². The Labute approximate surface area is 125 Å². The molecule has 1 atom stereocenters. The van der Waals surface area contributed by atoms with Gasteiger partial charge in [0.05, 0.1) is 16.3 Å². The molecule has 0 aliphatic heterocycles. The Morgan fingerprint density at radius 3 is 2.70 bits per heavy atom. The summed E-state index contributed by atoms with van der Waals surface area (Å²) < 4.78 is 14.1. The SMILES string of the molecule is Cc1cc(C(C)Nc2nc3ccc(F)cc3s2)c(C)s1. The van der Waals surface area contributed by atoms with Gasteiger partial charge >= 0.3 is 0 Å².